The van der Waals surface area contributed by atoms with Gasteiger partial charge in [-0.3, -0.25) is 0 Å². The number of alkyl halides is 3. The van der Waals surface area contributed by atoms with Crippen LogP contribution in [0, 0.1) is 0 Å². The second kappa shape index (κ2) is 4.72. The average molecular weight is 268 g/mol. The van der Waals surface area contributed by atoms with Crippen LogP contribution >= 0.6 is 0 Å². The van der Waals surface area contributed by atoms with Crippen LogP contribution in [-0.2, 0) is 10.1 Å². The highest BCUT2D eigenvalue weighted by atomic mass is 32.2. The molecule has 0 bridgehead atoms. The smallest absolute Gasteiger partial charge is 0.485 e. The maximum Gasteiger partial charge on any atom is 0.485 e. The molecule has 0 amide bonds. The number of hydrogen-bond donors (Lipinski definition) is 1. The van der Waals surface area contributed by atoms with E-state index in [2.05, 4.69) is 11.1 Å². The average Bonchev–Trinajstić information content (AvgIpc) is 2.62. The zero-order chi connectivity index (χ0) is 13.1. The van der Waals surface area contributed by atoms with E-state index >= 15 is 0 Å². The Balaban J connectivity index is 0.000000172. The first-order chi connectivity index (χ1) is 7.72. The fourth-order valence-electron chi connectivity index (χ4n) is 0.912. The molecule has 94 valence electrons. The third-order valence-electron chi connectivity index (χ3n) is 1.65. The van der Waals surface area contributed by atoms with Gasteiger partial charge in [0, 0.05) is 0 Å². The summed E-state index contributed by atoms with van der Waals surface area (Å²) < 4.78 is 60.9. The van der Waals surface area contributed by atoms with Gasteiger partial charge < -0.3 is 4.55 Å². The minimum atomic E-state index is -6.09. The van der Waals surface area contributed by atoms with E-state index in [9.17, 15) is 13.2 Å². The number of rotatable bonds is 0. The Bertz CT molecular complexity index is 561. The van der Waals surface area contributed by atoms with Crippen molar-refractivity contribution in [2.24, 2.45) is 0 Å². The van der Waals surface area contributed by atoms with E-state index in [4.69, 9.17) is 13.0 Å². The van der Waals surface area contributed by atoms with Gasteiger partial charge in [-0.15, -0.1) is 0 Å². The van der Waals surface area contributed by atoms with Crippen LogP contribution in [0.25, 0.3) is 5.52 Å². The number of pyridine rings is 1. The summed E-state index contributed by atoms with van der Waals surface area (Å²) in [5.74, 6) is 0. The molecule has 0 aliphatic rings. The molecule has 17 heavy (non-hydrogen) atoms. The molecule has 9 heteroatoms. The third-order valence-corrected chi connectivity index (χ3v) is 2.22. The maximum atomic E-state index is 10.7. The molecule has 0 fully saturated rings. The van der Waals surface area contributed by atoms with Crippen LogP contribution in [0.3, 0.4) is 0 Å². The highest BCUT2D eigenvalue weighted by molar-refractivity contribution is 7.86. The zero-order valence-electron chi connectivity index (χ0n) is 8.18. The van der Waals surface area contributed by atoms with Crippen molar-refractivity contribution in [2.75, 3.05) is 0 Å². The van der Waals surface area contributed by atoms with Crippen LogP contribution in [0.2, 0.25) is 0 Å². The van der Waals surface area contributed by atoms with Crippen LogP contribution < -0.4 is 4.40 Å². The highest BCUT2D eigenvalue weighted by Gasteiger charge is 2.36. The number of nitrogens with one attached hydrogen (secondary N) is 1. The Morgan fingerprint density at radius 1 is 1.29 bits per heavy atom. The Hall–Kier alpha value is -1.61. The van der Waals surface area contributed by atoms with Gasteiger partial charge in [0.1, 0.15) is 6.20 Å². The van der Waals surface area contributed by atoms with Crippen LogP contribution in [0.15, 0.2) is 36.9 Å². The molecule has 1 N–H and O–H groups in total. The number of aromatic nitrogens is 2. The molecule has 0 atom stereocenters. The van der Waals surface area contributed by atoms with Gasteiger partial charge >= 0.3 is 5.51 Å². The first-order valence-corrected chi connectivity index (χ1v) is 5.57. The summed E-state index contributed by atoms with van der Waals surface area (Å²) in [4.78, 5) is 3.00. The van der Waals surface area contributed by atoms with E-state index in [1.807, 2.05) is 35.3 Å². The summed E-state index contributed by atoms with van der Waals surface area (Å²) in [5, 5.41) is 0. The molecular formula is C8H7F3N2O3S. The van der Waals surface area contributed by atoms with Gasteiger partial charge in [-0.1, -0.05) is 6.07 Å². The van der Waals surface area contributed by atoms with Crippen molar-refractivity contribution >= 4 is 15.6 Å². The molecule has 2 aromatic rings. The molecule has 0 radical (unpaired) electrons. The van der Waals surface area contributed by atoms with Crippen molar-refractivity contribution in [3.63, 3.8) is 0 Å². The lowest BCUT2D eigenvalue weighted by Crippen LogP contribution is -2.21. The number of aromatic amines is 1. The molecule has 0 unspecified atom stereocenters. The lowest BCUT2D eigenvalue weighted by atomic mass is 10.4. The van der Waals surface area contributed by atoms with Crippen LogP contribution in [-0.4, -0.2) is 23.5 Å². The van der Waals surface area contributed by atoms with Crippen molar-refractivity contribution in [3.8, 4) is 0 Å². The zero-order valence-corrected chi connectivity index (χ0v) is 8.99. The summed E-state index contributed by atoms with van der Waals surface area (Å²) in [6, 6.07) is 6.07. The minimum Gasteiger partial charge on any atom is -0.741 e. The quantitative estimate of drug-likeness (QED) is 0.436. The van der Waals surface area contributed by atoms with Crippen molar-refractivity contribution in [2.45, 2.75) is 5.51 Å². The molecule has 0 saturated heterocycles. The van der Waals surface area contributed by atoms with E-state index in [1.54, 1.807) is 0 Å². The van der Waals surface area contributed by atoms with Gasteiger partial charge in [0.2, 0.25) is 6.33 Å². The predicted molar refractivity (Wildman–Crippen MR) is 49.7 cm³/mol. The largest absolute Gasteiger partial charge is 0.741 e. The minimum absolute atomic E-state index is 1.19. The van der Waals surface area contributed by atoms with Crippen LogP contribution in [0.1, 0.15) is 0 Å². The monoisotopic (exact) mass is 268 g/mol. The standard InChI is InChI=1S/C7H6N2.CHF3O3S/c1-2-4-9-6-8-5-7(9)3-1;2-1(3,4)8(5,6)7/h1-6H;(H,5,6,7). The Kier molecular flexibility index (Phi) is 3.73. The number of fused-ring (bicyclic) bond motifs is 1. The SMILES string of the molecule is O=S(=O)([O-])C(F)(F)F.c1cc[n+]2c[nH]cc2c1. The van der Waals surface area contributed by atoms with Gasteiger partial charge in [-0.25, -0.2) is 17.8 Å². The van der Waals surface area contributed by atoms with Crippen LogP contribution in [0.4, 0.5) is 13.2 Å². The molecule has 0 aliphatic heterocycles. The lowest BCUT2D eigenvalue weighted by molar-refractivity contribution is -0.511. The number of H-pyrrole nitrogens is 1. The normalized spacial score (nSPS) is 12.0. The molecule has 5 nitrogen and oxygen atoms in total. The fourth-order valence-corrected chi connectivity index (χ4v) is 0.912. The van der Waals surface area contributed by atoms with Gasteiger partial charge in [-0.05, 0) is 12.1 Å². The molecule has 2 heterocycles. The van der Waals surface area contributed by atoms with Gasteiger partial charge in [0.05, 0.1) is 6.20 Å². The van der Waals surface area contributed by atoms with Gasteiger partial charge in [-0.2, -0.15) is 13.2 Å². The van der Waals surface area contributed by atoms with Crippen molar-refractivity contribution in [1.82, 2.24) is 4.98 Å². The summed E-state index contributed by atoms with van der Waals surface area (Å²) >= 11 is 0. The predicted octanol–water partition coefficient (Wildman–Crippen LogP) is 0.805. The second-order valence-electron chi connectivity index (χ2n) is 2.87. The van der Waals surface area contributed by atoms with Gasteiger partial charge in [0.15, 0.2) is 15.6 Å². The van der Waals surface area contributed by atoms with Crippen LogP contribution in [0.5, 0.6) is 0 Å². The first kappa shape index (κ1) is 13.5. The Morgan fingerprint density at radius 2 is 1.88 bits per heavy atom. The Labute approximate surface area is 94.3 Å². The fraction of sp³-hybridized carbons (Fsp3) is 0.125. The topological polar surface area (TPSA) is 77.1 Å². The Morgan fingerprint density at radius 3 is 2.35 bits per heavy atom. The van der Waals surface area contributed by atoms with Gasteiger partial charge in [0.25, 0.3) is 0 Å². The second-order valence-corrected chi connectivity index (χ2v) is 4.24. The molecule has 0 aromatic carbocycles. The number of hydrogen-bond acceptors (Lipinski definition) is 3. The molecular weight excluding hydrogens is 261 g/mol. The summed E-state index contributed by atoms with van der Waals surface area (Å²) in [7, 11) is -6.09. The number of imidazole rings is 1. The highest BCUT2D eigenvalue weighted by Crippen LogP contribution is 2.20. The van der Waals surface area contributed by atoms with E-state index in [0.29, 0.717) is 0 Å². The van der Waals surface area contributed by atoms with Crippen molar-refractivity contribution < 1.29 is 30.5 Å². The maximum absolute atomic E-state index is 10.7. The molecule has 0 aliphatic carbocycles. The molecule has 2 rings (SSSR count). The molecule has 2 aromatic heterocycles. The molecule has 0 spiro atoms. The summed E-state index contributed by atoms with van der Waals surface area (Å²) in [6.45, 7) is 0. The summed E-state index contributed by atoms with van der Waals surface area (Å²) in [5.41, 5.74) is -4.45. The van der Waals surface area contributed by atoms with E-state index in [1.165, 1.54) is 5.52 Å². The first-order valence-electron chi connectivity index (χ1n) is 4.17. The van der Waals surface area contributed by atoms with Crippen molar-refractivity contribution in [3.05, 3.63) is 36.9 Å². The van der Waals surface area contributed by atoms with E-state index in [0.717, 1.165) is 0 Å². The number of nitrogens with zero attached hydrogens (tertiary/aromatic N) is 1. The third kappa shape index (κ3) is 3.71. The number of halogens is 3. The van der Waals surface area contributed by atoms with E-state index < -0.39 is 15.6 Å². The summed E-state index contributed by atoms with van der Waals surface area (Å²) in [6.07, 6.45) is 5.88. The van der Waals surface area contributed by atoms with E-state index in [-0.39, 0.29) is 0 Å². The van der Waals surface area contributed by atoms with Crippen molar-refractivity contribution in [1.29, 1.82) is 0 Å². The molecule has 0 saturated carbocycles. The lowest BCUT2D eigenvalue weighted by Gasteiger charge is -2.08.